The summed E-state index contributed by atoms with van der Waals surface area (Å²) < 4.78 is 32.0. The Morgan fingerprint density at radius 3 is 2.68 bits per heavy atom. The number of aliphatic hydroxyl groups excluding tert-OH is 1. The minimum Gasteiger partial charge on any atom is -0.390 e. The molecule has 0 radical (unpaired) electrons. The highest BCUT2D eigenvalue weighted by Gasteiger charge is 2.21. The lowest BCUT2D eigenvalue weighted by Gasteiger charge is -2.28. The third-order valence-corrected chi connectivity index (χ3v) is 5.40. The predicted octanol–water partition coefficient (Wildman–Crippen LogP) is 0.965. The first-order valence-corrected chi connectivity index (χ1v) is 9.05. The number of benzene rings is 1. The van der Waals surface area contributed by atoms with Crippen molar-refractivity contribution in [3.8, 4) is 0 Å². The number of sulfonamides is 1. The second-order valence-electron chi connectivity index (χ2n) is 4.99. The third kappa shape index (κ3) is 5.06. The van der Waals surface area contributed by atoms with Crippen molar-refractivity contribution in [1.82, 2.24) is 9.62 Å². The van der Waals surface area contributed by atoms with Gasteiger partial charge >= 0.3 is 0 Å². The van der Waals surface area contributed by atoms with E-state index in [0.717, 1.165) is 13.1 Å². The van der Waals surface area contributed by atoms with Crippen LogP contribution in [0.25, 0.3) is 0 Å². The summed E-state index contributed by atoms with van der Waals surface area (Å²) in [5.74, 6) is 0. The summed E-state index contributed by atoms with van der Waals surface area (Å²) in [6.07, 6.45) is -0.814. The summed E-state index contributed by atoms with van der Waals surface area (Å²) in [4.78, 5) is 1.93. The number of aliphatic hydroxyl groups is 1. The Hall–Kier alpha value is -0.410. The first-order valence-electron chi connectivity index (χ1n) is 6.81. The molecule has 1 saturated heterocycles. The van der Waals surface area contributed by atoms with Gasteiger partial charge in [-0.05, 0) is 18.2 Å². The number of nitrogens with one attached hydrogen (secondary N) is 1. The Bertz CT molecular complexity index is 606. The average molecular weight is 369 g/mol. The zero-order chi connectivity index (χ0) is 16.2. The first kappa shape index (κ1) is 17.9. The van der Waals surface area contributed by atoms with Crippen LogP contribution in [-0.4, -0.2) is 63.9 Å². The largest absolute Gasteiger partial charge is 0.390 e. The second kappa shape index (κ2) is 7.92. The van der Waals surface area contributed by atoms with Crippen molar-refractivity contribution >= 4 is 33.2 Å². The van der Waals surface area contributed by atoms with Crippen molar-refractivity contribution in [3.05, 3.63) is 28.2 Å². The number of halogens is 2. The molecule has 1 aromatic rings. The molecule has 2 N–H and O–H groups in total. The van der Waals surface area contributed by atoms with Crippen LogP contribution in [0.5, 0.6) is 0 Å². The number of rotatable bonds is 6. The smallest absolute Gasteiger partial charge is 0.242 e. The first-order chi connectivity index (χ1) is 10.4. The highest BCUT2D eigenvalue weighted by molar-refractivity contribution is 7.89. The van der Waals surface area contributed by atoms with Gasteiger partial charge in [-0.25, -0.2) is 13.1 Å². The molecule has 0 spiro atoms. The topological polar surface area (TPSA) is 78.9 Å². The SMILES string of the molecule is O=S(=O)(NC[C@@H](O)CN1CCOCC1)c1cc(Cl)ccc1Cl. The molecule has 124 valence electrons. The van der Waals surface area contributed by atoms with Gasteiger partial charge in [-0.15, -0.1) is 0 Å². The quantitative estimate of drug-likeness (QED) is 0.781. The lowest BCUT2D eigenvalue weighted by atomic mass is 10.3. The van der Waals surface area contributed by atoms with E-state index in [1.807, 2.05) is 4.90 Å². The van der Waals surface area contributed by atoms with Crippen LogP contribution >= 0.6 is 23.2 Å². The van der Waals surface area contributed by atoms with E-state index in [1.54, 1.807) is 0 Å². The molecular formula is C13H18Cl2N2O4S. The van der Waals surface area contributed by atoms with E-state index in [9.17, 15) is 13.5 Å². The Balaban J connectivity index is 1.92. The predicted molar refractivity (Wildman–Crippen MR) is 84.9 cm³/mol. The van der Waals surface area contributed by atoms with E-state index < -0.39 is 16.1 Å². The minimum absolute atomic E-state index is 0.0829. The van der Waals surface area contributed by atoms with Gasteiger partial charge in [0.2, 0.25) is 10.0 Å². The normalized spacial score (nSPS) is 18.3. The van der Waals surface area contributed by atoms with E-state index in [0.29, 0.717) is 19.8 Å². The van der Waals surface area contributed by atoms with Crippen LogP contribution < -0.4 is 4.72 Å². The molecular weight excluding hydrogens is 351 g/mol. The molecule has 0 aromatic heterocycles. The number of hydrogen-bond donors (Lipinski definition) is 2. The molecule has 1 fully saturated rings. The molecule has 1 aromatic carbocycles. The summed E-state index contributed by atoms with van der Waals surface area (Å²) in [7, 11) is -3.82. The molecule has 1 aliphatic heterocycles. The van der Waals surface area contributed by atoms with Crippen LogP contribution in [0.2, 0.25) is 10.0 Å². The molecule has 0 bridgehead atoms. The van der Waals surface area contributed by atoms with Gasteiger partial charge in [0.25, 0.3) is 0 Å². The fourth-order valence-electron chi connectivity index (χ4n) is 2.11. The van der Waals surface area contributed by atoms with E-state index in [1.165, 1.54) is 18.2 Å². The van der Waals surface area contributed by atoms with Gasteiger partial charge in [-0.3, -0.25) is 4.90 Å². The van der Waals surface area contributed by atoms with Crippen LogP contribution in [0.1, 0.15) is 0 Å². The van der Waals surface area contributed by atoms with Gasteiger partial charge in [-0.1, -0.05) is 23.2 Å². The van der Waals surface area contributed by atoms with Gasteiger partial charge in [0.1, 0.15) is 4.90 Å². The number of β-amino-alcohol motifs (C(OH)–C–C–N with tert-alkyl or cyclic N) is 1. The van der Waals surface area contributed by atoms with Crippen LogP contribution in [0, 0.1) is 0 Å². The maximum atomic E-state index is 12.2. The minimum atomic E-state index is -3.82. The molecule has 2 rings (SSSR count). The van der Waals surface area contributed by atoms with Crippen LogP contribution in [0.15, 0.2) is 23.1 Å². The number of hydrogen-bond acceptors (Lipinski definition) is 5. The van der Waals surface area contributed by atoms with Crippen molar-refractivity contribution in [3.63, 3.8) is 0 Å². The Kier molecular flexibility index (Phi) is 6.46. The zero-order valence-electron chi connectivity index (χ0n) is 11.8. The average Bonchev–Trinajstić information content (AvgIpc) is 2.49. The van der Waals surface area contributed by atoms with Crippen molar-refractivity contribution in [1.29, 1.82) is 0 Å². The molecule has 9 heteroatoms. The second-order valence-corrected chi connectivity index (χ2v) is 7.57. The van der Waals surface area contributed by atoms with Gasteiger partial charge in [0, 0.05) is 31.2 Å². The fraction of sp³-hybridized carbons (Fsp3) is 0.538. The molecule has 6 nitrogen and oxygen atoms in total. The molecule has 1 atom stereocenters. The van der Waals surface area contributed by atoms with Gasteiger partial charge < -0.3 is 9.84 Å². The standard InChI is InChI=1S/C13H18Cl2N2O4S/c14-10-1-2-12(15)13(7-10)22(19,20)16-8-11(18)9-17-3-5-21-6-4-17/h1-2,7,11,16,18H,3-6,8-9H2/t11-/m1/s1. The maximum Gasteiger partial charge on any atom is 0.242 e. The highest BCUT2D eigenvalue weighted by Crippen LogP contribution is 2.24. The van der Waals surface area contributed by atoms with Crippen molar-refractivity contribution < 1.29 is 18.3 Å². The molecule has 22 heavy (non-hydrogen) atoms. The van der Waals surface area contributed by atoms with Gasteiger partial charge in [-0.2, -0.15) is 0 Å². The Morgan fingerprint density at radius 1 is 1.32 bits per heavy atom. The molecule has 1 heterocycles. The molecule has 1 aliphatic rings. The number of morpholine rings is 1. The summed E-state index contributed by atoms with van der Waals surface area (Å²) >= 11 is 11.7. The van der Waals surface area contributed by atoms with Crippen molar-refractivity contribution in [2.24, 2.45) is 0 Å². The molecule has 0 saturated carbocycles. The molecule has 0 unspecified atom stereocenters. The summed E-state index contributed by atoms with van der Waals surface area (Å²) in [6, 6.07) is 4.21. The van der Waals surface area contributed by atoms with Crippen molar-refractivity contribution in [2.75, 3.05) is 39.4 Å². The zero-order valence-corrected chi connectivity index (χ0v) is 14.2. The number of ether oxygens (including phenoxy) is 1. The number of nitrogens with zero attached hydrogens (tertiary/aromatic N) is 1. The van der Waals surface area contributed by atoms with Crippen molar-refractivity contribution in [2.45, 2.75) is 11.0 Å². The van der Waals surface area contributed by atoms with E-state index in [2.05, 4.69) is 4.72 Å². The van der Waals surface area contributed by atoms with Gasteiger partial charge in [0.05, 0.1) is 24.3 Å². The maximum absolute atomic E-state index is 12.2. The highest BCUT2D eigenvalue weighted by atomic mass is 35.5. The lowest BCUT2D eigenvalue weighted by Crippen LogP contribution is -2.44. The Morgan fingerprint density at radius 2 is 2.00 bits per heavy atom. The third-order valence-electron chi connectivity index (χ3n) is 3.26. The lowest BCUT2D eigenvalue weighted by molar-refractivity contribution is 0.0158. The van der Waals surface area contributed by atoms with Gasteiger partial charge in [0.15, 0.2) is 0 Å². The summed E-state index contributed by atoms with van der Waals surface area (Å²) in [5.41, 5.74) is 0. The Labute approximate surface area is 140 Å². The molecule has 0 amide bonds. The van der Waals surface area contributed by atoms with Crippen LogP contribution in [0.3, 0.4) is 0 Å². The summed E-state index contributed by atoms with van der Waals surface area (Å²) in [6.45, 7) is 2.98. The van der Waals surface area contributed by atoms with E-state index in [4.69, 9.17) is 27.9 Å². The van der Waals surface area contributed by atoms with E-state index in [-0.39, 0.29) is 21.5 Å². The van der Waals surface area contributed by atoms with E-state index >= 15 is 0 Å². The molecule has 0 aliphatic carbocycles. The summed E-state index contributed by atoms with van der Waals surface area (Å²) in [5, 5.41) is 10.3. The van der Waals surface area contributed by atoms with Crippen LogP contribution in [0.4, 0.5) is 0 Å². The monoisotopic (exact) mass is 368 g/mol. The van der Waals surface area contributed by atoms with Crippen LogP contribution in [-0.2, 0) is 14.8 Å². The fourth-order valence-corrected chi connectivity index (χ4v) is 3.95.